The first-order chi connectivity index (χ1) is 11.0. The topological polar surface area (TPSA) is 116 Å². The van der Waals surface area contributed by atoms with Gasteiger partial charge in [0.2, 0.25) is 0 Å². The molecule has 1 heterocycles. The number of hydrogen-bond donors (Lipinski definition) is 2. The summed E-state index contributed by atoms with van der Waals surface area (Å²) in [5.41, 5.74) is 5.44. The van der Waals surface area contributed by atoms with Gasteiger partial charge in [-0.2, -0.15) is 5.10 Å². The number of rotatable bonds is 6. The van der Waals surface area contributed by atoms with Crippen LogP contribution in [0.4, 0.5) is 4.79 Å². The monoisotopic (exact) mass is 358 g/mol. The molecule has 0 saturated heterocycles. The van der Waals surface area contributed by atoms with Crippen molar-refractivity contribution in [2.24, 2.45) is 17.6 Å². The standard InChI is InChI=1S/C15H23ClN4O4/c1-7(2)6-20-12(16)10(9(5)19-20)14(22)24-11(8(3)4)13(21)18-15(17)23/h7-8,11H,6H2,1-5H3,(H3,17,18,21,23). The molecule has 0 radical (unpaired) electrons. The molecule has 1 rings (SSSR count). The second-order valence-electron chi connectivity index (χ2n) is 6.25. The first kappa shape index (κ1) is 20.0. The Labute approximate surface area is 145 Å². The molecule has 8 nitrogen and oxygen atoms in total. The van der Waals surface area contributed by atoms with Crippen LogP contribution in [0.2, 0.25) is 5.15 Å². The van der Waals surface area contributed by atoms with Crippen molar-refractivity contribution in [2.45, 2.75) is 47.3 Å². The average molecular weight is 359 g/mol. The van der Waals surface area contributed by atoms with Crippen molar-refractivity contribution in [3.8, 4) is 0 Å². The number of hydrogen-bond acceptors (Lipinski definition) is 5. The van der Waals surface area contributed by atoms with Gasteiger partial charge in [-0.1, -0.05) is 39.3 Å². The van der Waals surface area contributed by atoms with Crippen LogP contribution in [-0.2, 0) is 16.1 Å². The van der Waals surface area contributed by atoms with E-state index in [0.29, 0.717) is 12.2 Å². The molecule has 1 aromatic rings. The van der Waals surface area contributed by atoms with E-state index in [4.69, 9.17) is 22.1 Å². The van der Waals surface area contributed by atoms with E-state index in [1.165, 1.54) is 4.68 Å². The van der Waals surface area contributed by atoms with Gasteiger partial charge in [-0.3, -0.25) is 14.8 Å². The Bertz CT molecular complexity index is 640. The van der Waals surface area contributed by atoms with Crippen LogP contribution < -0.4 is 11.1 Å². The molecule has 3 amide bonds. The van der Waals surface area contributed by atoms with E-state index >= 15 is 0 Å². The fourth-order valence-corrected chi connectivity index (χ4v) is 2.43. The number of aryl methyl sites for hydroxylation is 1. The number of halogens is 1. The molecule has 0 fully saturated rings. The number of urea groups is 1. The van der Waals surface area contributed by atoms with E-state index in [0.717, 1.165) is 0 Å². The molecular formula is C15H23ClN4O4. The molecule has 1 unspecified atom stereocenters. The third-order valence-electron chi connectivity index (χ3n) is 3.15. The highest BCUT2D eigenvalue weighted by Crippen LogP contribution is 2.23. The molecule has 0 aliphatic carbocycles. The molecule has 0 aliphatic rings. The van der Waals surface area contributed by atoms with Crippen LogP contribution in [0.15, 0.2) is 0 Å². The summed E-state index contributed by atoms with van der Waals surface area (Å²) in [4.78, 5) is 35.2. The number of nitrogens with one attached hydrogen (secondary N) is 1. The van der Waals surface area contributed by atoms with Gasteiger partial charge in [0.15, 0.2) is 6.10 Å². The first-order valence-corrected chi connectivity index (χ1v) is 7.96. The van der Waals surface area contributed by atoms with Crippen molar-refractivity contribution in [2.75, 3.05) is 0 Å². The van der Waals surface area contributed by atoms with Crippen molar-refractivity contribution >= 4 is 29.5 Å². The molecule has 0 aromatic carbocycles. The molecule has 1 atom stereocenters. The Morgan fingerprint density at radius 2 is 1.88 bits per heavy atom. The number of ether oxygens (including phenoxy) is 1. The Morgan fingerprint density at radius 3 is 2.33 bits per heavy atom. The molecule has 0 aliphatic heterocycles. The lowest BCUT2D eigenvalue weighted by Gasteiger charge is -2.19. The maximum Gasteiger partial charge on any atom is 0.344 e. The van der Waals surface area contributed by atoms with Crippen molar-refractivity contribution in [3.05, 3.63) is 16.4 Å². The Morgan fingerprint density at radius 1 is 1.29 bits per heavy atom. The van der Waals surface area contributed by atoms with Gasteiger partial charge >= 0.3 is 12.0 Å². The first-order valence-electron chi connectivity index (χ1n) is 7.58. The summed E-state index contributed by atoms with van der Waals surface area (Å²) in [5.74, 6) is -1.63. The molecule has 3 N–H and O–H groups in total. The fraction of sp³-hybridized carbons (Fsp3) is 0.600. The predicted molar refractivity (Wildman–Crippen MR) is 88.6 cm³/mol. The minimum atomic E-state index is -1.17. The van der Waals surface area contributed by atoms with Crippen molar-refractivity contribution < 1.29 is 19.1 Å². The summed E-state index contributed by atoms with van der Waals surface area (Å²) >= 11 is 6.22. The van der Waals surface area contributed by atoms with Gasteiger partial charge in [-0.25, -0.2) is 9.59 Å². The third-order valence-corrected chi connectivity index (χ3v) is 3.54. The largest absolute Gasteiger partial charge is 0.448 e. The molecule has 1 aromatic heterocycles. The lowest BCUT2D eigenvalue weighted by atomic mass is 10.1. The summed E-state index contributed by atoms with van der Waals surface area (Å²) in [6.45, 7) is 9.52. The van der Waals surface area contributed by atoms with Crippen molar-refractivity contribution in [3.63, 3.8) is 0 Å². The normalized spacial score (nSPS) is 12.3. The van der Waals surface area contributed by atoms with E-state index in [2.05, 4.69) is 5.10 Å². The lowest BCUT2D eigenvalue weighted by Crippen LogP contribution is -2.45. The summed E-state index contributed by atoms with van der Waals surface area (Å²) in [5, 5.41) is 6.29. The minimum Gasteiger partial charge on any atom is -0.448 e. The summed E-state index contributed by atoms with van der Waals surface area (Å²) in [6.07, 6.45) is -1.17. The van der Waals surface area contributed by atoms with Crippen LogP contribution in [0, 0.1) is 18.8 Å². The second-order valence-corrected chi connectivity index (χ2v) is 6.61. The number of carbonyl (C=O) groups is 3. The predicted octanol–water partition coefficient (Wildman–Crippen LogP) is 1.88. The lowest BCUT2D eigenvalue weighted by molar-refractivity contribution is -0.130. The van der Waals surface area contributed by atoms with E-state index in [1.54, 1.807) is 20.8 Å². The number of esters is 1. The van der Waals surface area contributed by atoms with Crippen LogP contribution in [-0.4, -0.2) is 33.8 Å². The fourth-order valence-electron chi connectivity index (χ4n) is 2.11. The zero-order valence-corrected chi connectivity index (χ0v) is 15.2. The highest BCUT2D eigenvalue weighted by Gasteiger charge is 2.30. The molecule has 0 bridgehead atoms. The quantitative estimate of drug-likeness (QED) is 0.753. The zero-order valence-electron chi connectivity index (χ0n) is 14.4. The molecule has 0 saturated carbocycles. The van der Waals surface area contributed by atoms with Gasteiger partial charge in [0.05, 0.1) is 5.69 Å². The van der Waals surface area contributed by atoms with Crippen LogP contribution in [0.5, 0.6) is 0 Å². The smallest absolute Gasteiger partial charge is 0.344 e. The number of carbonyl (C=O) groups excluding carboxylic acids is 3. The number of aromatic nitrogens is 2. The molecule has 24 heavy (non-hydrogen) atoms. The molecule has 9 heteroatoms. The Balaban J connectivity index is 3.02. The summed E-state index contributed by atoms with van der Waals surface area (Å²) in [6, 6.07) is -1.01. The van der Waals surface area contributed by atoms with Crippen molar-refractivity contribution in [1.82, 2.24) is 15.1 Å². The van der Waals surface area contributed by atoms with Gasteiger partial charge < -0.3 is 10.5 Å². The van der Waals surface area contributed by atoms with Gasteiger partial charge in [0, 0.05) is 6.54 Å². The maximum absolute atomic E-state index is 12.4. The maximum atomic E-state index is 12.4. The van der Waals surface area contributed by atoms with Crippen LogP contribution >= 0.6 is 11.6 Å². The van der Waals surface area contributed by atoms with E-state index in [1.807, 2.05) is 19.2 Å². The molecular weight excluding hydrogens is 336 g/mol. The van der Waals surface area contributed by atoms with E-state index in [9.17, 15) is 14.4 Å². The van der Waals surface area contributed by atoms with Crippen LogP contribution in [0.3, 0.4) is 0 Å². The zero-order chi connectivity index (χ0) is 18.6. The Kier molecular flexibility index (Phi) is 6.77. The highest BCUT2D eigenvalue weighted by molar-refractivity contribution is 6.32. The molecule has 134 valence electrons. The van der Waals surface area contributed by atoms with Gasteiger partial charge in [-0.05, 0) is 18.8 Å². The van der Waals surface area contributed by atoms with Gasteiger partial charge in [0.25, 0.3) is 5.91 Å². The van der Waals surface area contributed by atoms with Crippen LogP contribution in [0.25, 0.3) is 0 Å². The minimum absolute atomic E-state index is 0.106. The summed E-state index contributed by atoms with van der Waals surface area (Å²) in [7, 11) is 0. The number of primary amides is 1. The van der Waals surface area contributed by atoms with Crippen molar-refractivity contribution in [1.29, 1.82) is 0 Å². The average Bonchev–Trinajstić information content (AvgIpc) is 2.68. The SMILES string of the molecule is Cc1nn(CC(C)C)c(Cl)c1C(=O)OC(C(=O)NC(N)=O)C(C)C. The second kappa shape index (κ2) is 8.14. The van der Waals surface area contributed by atoms with E-state index < -0.39 is 24.0 Å². The number of nitrogens with zero attached hydrogens (tertiary/aromatic N) is 2. The number of nitrogens with two attached hydrogens (primary N) is 1. The third kappa shape index (κ3) is 4.95. The van der Waals surface area contributed by atoms with Crippen LogP contribution in [0.1, 0.15) is 43.7 Å². The number of amides is 3. The highest BCUT2D eigenvalue weighted by atomic mass is 35.5. The Hall–Kier alpha value is -2.09. The number of imide groups is 1. The molecule has 0 spiro atoms. The summed E-state index contributed by atoms with van der Waals surface area (Å²) < 4.78 is 6.76. The van der Waals surface area contributed by atoms with E-state index in [-0.39, 0.29) is 22.6 Å². The van der Waals surface area contributed by atoms with Gasteiger partial charge in [-0.15, -0.1) is 0 Å². The van der Waals surface area contributed by atoms with Gasteiger partial charge in [0.1, 0.15) is 10.7 Å².